The van der Waals surface area contributed by atoms with Gasteiger partial charge >= 0.3 is 12.1 Å². The Balaban J connectivity index is 1.60. The molecule has 10 nitrogen and oxygen atoms in total. The van der Waals surface area contributed by atoms with E-state index in [0.29, 0.717) is 30.7 Å². The van der Waals surface area contributed by atoms with E-state index in [1.54, 1.807) is 4.90 Å². The maximum Gasteiger partial charge on any atom is 0.406 e. The van der Waals surface area contributed by atoms with Crippen molar-refractivity contribution in [1.29, 1.82) is 0 Å². The first-order valence-corrected chi connectivity index (χ1v) is 10.6. The molecule has 1 N–H and O–H groups in total. The summed E-state index contributed by atoms with van der Waals surface area (Å²) >= 11 is 1.49. The molecule has 3 unspecified atom stereocenters. The summed E-state index contributed by atoms with van der Waals surface area (Å²) in [5, 5.41) is 13.0. The van der Waals surface area contributed by atoms with Crippen LogP contribution in [0.5, 0.6) is 0 Å². The van der Waals surface area contributed by atoms with Crippen molar-refractivity contribution in [1.82, 2.24) is 10.2 Å². The van der Waals surface area contributed by atoms with Gasteiger partial charge in [-0.05, 0) is 30.0 Å². The van der Waals surface area contributed by atoms with Crippen LogP contribution in [0.3, 0.4) is 0 Å². The number of amides is 2. The van der Waals surface area contributed by atoms with Gasteiger partial charge < -0.3 is 19.7 Å². The number of piperidine rings is 1. The van der Waals surface area contributed by atoms with Crippen molar-refractivity contribution in [2.75, 3.05) is 26.0 Å². The van der Waals surface area contributed by atoms with Crippen LogP contribution in [-0.2, 0) is 25.7 Å². The van der Waals surface area contributed by atoms with Crippen molar-refractivity contribution < 1.29 is 28.8 Å². The second-order valence-electron chi connectivity index (χ2n) is 7.12. The highest BCUT2D eigenvalue weighted by molar-refractivity contribution is 8.00. The van der Waals surface area contributed by atoms with Gasteiger partial charge in [-0.1, -0.05) is 0 Å². The van der Waals surface area contributed by atoms with Crippen LogP contribution in [0.25, 0.3) is 0 Å². The number of esters is 1. The van der Waals surface area contributed by atoms with E-state index >= 15 is 0 Å². The number of fused-ring (bicyclic) bond motifs is 2. The van der Waals surface area contributed by atoms with E-state index in [4.69, 9.17) is 9.47 Å². The van der Waals surface area contributed by atoms with Gasteiger partial charge in [0.2, 0.25) is 5.91 Å². The highest BCUT2D eigenvalue weighted by atomic mass is 32.2. The predicted octanol–water partition coefficient (Wildman–Crippen LogP) is 1.72. The monoisotopic (exact) mass is 437 g/mol. The van der Waals surface area contributed by atoms with Crippen molar-refractivity contribution in [3.05, 3.63) is 39.9 Å². The molecule has 2 bridgehead atoms. The first kappa shape index (κ1) is 21.9. The van der Waals surface area contributed by atoms with Gasteiger partial charge in [-0.2, -0.15) is 11.8 Å². The lowest BCUT2D eigenvalue weighted by atomic mass is 9.95. The number of nitro benzene ring substituents is 1. The fourth-order valence-electron chi connectivity index (χ4n) is 3.69. The minimum Gasteiger partial charge on any atom is -0.459 e. The van der Waals surface area contributed by atoms with Gasteiger partial charge in [0, 0.05) is 43.1 Å². The minimum atomic E-state index is -0.695. The third kappa shape index (κ3) is 5.21. The lowest BCUT2D eigenvalue weighted by molar-refractivity contribution is -0.384. The number of carbonyl (C=O) groups is 3. The van der Waals surface area contributed by atoms with E-state index in [0.717, 1.165) is 0 Å². The number of thioether (sulfide) groups is 1. The quantitative estimate of drug-likeness (QED) is 0.282. The first-order valence-electron chi connectivity index (χ1n) is 9.54. The molecule has 3 atom stereocenters. The standard InChI is InChI=1S/C19H23N3O7S/c1-20-19(25)28-6-7-30-15-8-13-9-16(23)21(10-13)17(15)18(24)29-11-12-2-4-14(5-3-12)22(26)27/h2-5,13,15,17H,6-11H2,1H3,(H,20,25). The average molecular weight is 437 g/mol. The van der Waals surface area contributed by atoms with Crippen LogP contribution in [0.1, 0.15) is 18.4 Å². The van der Waals surface area contributed by atoms with Crippen molar-refractivity contribution in [3.63, 3.8) is 0 Å². The van der Waals surface area contributed by atoms with Crippen molar-refractivity contribution >= 4 is 35.4 Å². The molecule has 3 rings (SSSR count). The summed E-state index contributed by atoms with van der Waals surface area (Å²) < 4.78 is 10.4. The van der Waals surface area contributed by atoms with E-state index in [2.05, 4.69) is 5.32 Å². The summed E-state index contributed by atoms with van der Waals surface area (Å²) in [5.41, 5.74) is 0.583. The van der Waals surface area contributed by atoms with E-state index < -0.39 is 23.0 Å². The molecule has 0 saturated carbocycles. The lowest BCUT2D eigenvalue weighted by Gasteiger charge is -2.37. The second kappa shape index (κ2) is 9.79. The molecule has 162 valence electrons. The van der Waals surface area contributed by atoms with Gasteiger partial charge in [0.05, 0.1) is 4.92 Å². The zero-order valence-corrected chi connectivity index (χ0v) is 17.3. The molecular weight excluding hydrogens is 414 g/mol. The zero-order valence-electron chi connectivity index (χ0n) is 16.4. The Kier molecular flexibility index (Phi) is 7.14. The first-order chi connectivity index (χ1) is 14.4. The van der Waals surface area contributed by atoms with Gasteiger partial charge in [0.1, 0.15) is 19.3 Å². The Bertz CT molecular complexity index is 817. The fraction of sp³-hybridized carbons (Fsp3) is 0.526. The van der Waals surface area contributed by atoms with Crippen LogP contribution in [0.2, 0.25) is 0 Å². The predicted molar refractivity (Wildman–Crippen MR) is 108 cm³/mol. The van der Waals surface area contributed by atoms with Crippen LogP contribution in [0.4, 0.5) is 10.5 Å². The number of nitro groups is 1. The Hall–Kier alpha value is -2.82. The summed E-state index contributed by atoms with van der Waals surface area (Å²) in [6.07, 6.45) is 0.625. The number of alkyl carbamates (subject to hydrolysis) is 1. The number of non-ortho nitro benzene ring substituents is 1. The van der Waals surface area contributed by atoms with E-state index in [1.807, 2.05) is 0 Å². The molecule has 11 heteroatoms. The van der Waals surface area contributed by atoms with Crippen LogP contribution < -0.4 is 5.32 Å². The molecule has 0 aliphatic carbocycles. The highest BCUT2D eigenvalue weighted by Crippen LogP contribution is 2.38. The summed E-state index contributed by atoms with van der Waals surface area (Å²) in [6.45, 7) is 0.710. The maximum atomic E-state index is 12.8. The van der Waals surface area contributed by atoms with Gasteiger partial charge in [-0.3, -0.25) is 14.9 Å². The summed E-state index contributed by atoms with van der Waals surface area (Å²) in [6, 6.07) is 5.07. The molecular formula is C19H23N3O7S. The number of nitrogens with zero attached hydrogens (tertiary/aromatic N) is 2. The van der Waals surface area contributed by atoms with Crippen LogP contribution in [-0.4, -0.2) is 65.0 Å². The Morgan fingerprint density at radius 3 is 2.70 bits per heavy atom. The number of carbonyl (C=O) groups excluding carboxylic acids is 3. The summed E-state index contributed by atoms with van der Waals surface area (Å²) in [4.78, 5) is 48.2. The molecule has 1 aromatic rings. The molecule has 2 fully saturated rings. The Labute approximate surface area is 177 Å². The van der Waals surface area contributed by atoms with E-state index in [1.165, 1.54) is 43.1 Å². The SMILES string of the molecule is CNC(=O)OCCSC1CC2CC(=O)N(C2)C1C(=O)OCc1ccc([N+](=O)[O-])cc1. The minimum absolute atomic E-state index is 0.0318. The number of rotatable bonds is 8. The van der Waals surface area contributed by atoms with Gasteiger partial charge in [0.15, 0.2) is 0 Å². The fourth-order valence-corrected chi connectivity index (χ4v) is 5.02. The van der Waals surface area contributed by atoms with Gasteiger partial charge in [-0.15, -0.1) is 0 Å². The summed E-state index contributed by atoms with van der Waals surface area (Å²) in [5.74, 6) is 0.168. The van der Waals surface area contributed by atoms with E-state index in [-0.39, 0.29) is 36.0 Å². The smallest absolute Gasteiger partial charge is 0.406 e. The summed E-state index contributed by atoms with van der Waals surface area (Å²) in [7, 11) is 1.48. The van der Waals surface area contributed by atoms with Crippen LogP contribution in [0, 0.1) is 16.0 Å². The third-order valence-electron chi connectivity index (χ3n) is 5.11. The van der Waals surface area contributed by atoms with Crippen LogP contribution >= 0.6 is 11.8 Å². The maximum absolute atomic E-state index is 12.8. The molecule has 2 heterocycles. The molecule has 30 heavy (non-hydrogen) atoms. The molecule has 0 spiro atoms. The molecule has 0 radical (unpaired) electrons. The van der Waals surface area contributed by atoms with Gasteiger partial charge in [-0.25, -0.2) is 9.59 Å². The topological polar surface area (TPSA) is 128 Å². The number of benzene rings is 1. The van der Waals surface area contributed by atoms with Crippen molar-refractivity contribution in [3.8, 4) is 0 Å². The average Bonchev–Trinajstić information content (AvgIpc) is 3.03. The number of hydrogen-bond donors (Lipinski definition) is 1. The van der Waals surface area contributed by atoms with Crippen LogP contribution in [0.15, 0.2) is 24.3 Å². The third-order valence-corrected chi connectivity index (χ3v) is 6.40. The van der Waals surface area contributed by atoms with Crippen molar-refractivity contribution in [2.45, 2.75) is 30.7 Å². The highest BCUT2D eigenvalue weighted by Gasteiger charge is 2.48. The number of ether oxygens (including phenoxy) is 2. The van der Waals surface area contributed by atoms with Gasteiger partial charge in [0.25, 0.3) is 5.69 Å². The lowest BCUT2D eigenvalue weighted by Crippen LogP contribution is -2.52. The second-order valence-corrected chi connectivity index (χ2v) is 8.47. The zero-order chi connectivity index (χ0) is 21.7. The number of hydrogen-bond acceptors (Lipinski definition) is 8. The molecule has 1 aromatic carbocycles. The largest absolute Gasteiger partial charge is 0.459 e. The molecule has 0 aromatic heterocycles. The molecule has 2 saturated heterocycles. The molecule has 2 aliphatic rings. The van der Waals surface area contributed by atoms with E-state index in [9.17, 15) is 24.5 Å². The van der Waals surface area contributed by atoms with Crippen molar-refractivity contribution in [2.24, 2.45) is 5.92 Å². The normalized spacial score (nSPS) is 22.5. The molecule has 2 amide bonds. The Morgan fingerprint density at radius 2 is 2.03 bits per heavy atom. The Morgan fingerprint density at radius 1 is 1.30 bits per heavy atom. The number of nitrogens with one attached hydrogen (secondary N) is 1. The molecule has 2 aliphatic heterocycles.